The van der Waals surface area contributed by atoms with E-state index in [1.807, 2.05) is 24.3 Å². The summed E-state index contributed by atoms with van der Waals surface area (Å²) in [6.07, 6.45) is 1.71. The van der Waals surface area contributed by atoms with E-state index < -0.39 is 0 Å². The first kappa shape index (κ1) is 19.2. The van der Waals surface area contributed by atoms with Gasteiger partial charge < -0.3 is 25.2 Å². The molecule has 0 saturated carbocycles. The Bertz CT molecular complexity index is 760. The minimum absolute atomic E-state index is 0.205. The molecule has 0 fully saturated rings. The lowest BCUT2D eigenvalue weighted by atomic mass is 10.2. The molecule has 0 aromatic heterocycles. The Morgan fingerprint density at radius 2 is 1.88 bits per heavy atom. The maximum Gasteiger partial charge on any atom is 0.191 e. The Balaban J connectivity index is 1.96. The van der Waals surface area contributed by atoms with E-state index in [1.165, 1.54) is 0 Å². The number of guanidine groups is 1. The Kier molecular flexibility index (Phi) is 7.36. The van der Waals surface area contributed by atoms with Crippen molar-refractivity contribution in [3.63, 3.8) is 0 Å². The zero-order valence-electron chi connectivity index (χ0n) is 15.2. The molecule has 0 heterocycles. The van der Waals surface area contributed by atoms with Gasteiger partial charge in [-0.15, -0.1) is 0 Å². The summed E-state index contributed by atoms with van der Waals surface area (Å²) < 4.78 is 10.8. The van der Waals surface area contributed by atoms with Gasteiger partial charge in [0.1, 0.15) is 23.9 Å². The van der Waals surface area contributed by atoms with Gasteiger partial charge in [0.25, 0.3) is 0 Å². The van der Waals surface area contributed by atoms with Crippen LogP contribution in [-0.2, 0) is 13.1 Å². The Labute approximate surface area is 154 Å². The van der Waals surface area contributed by atoms with E-state index in [2.05, 4.69) is 22.2 Å². The monoisotopic (exact) mass is 355 g/mol. The molecule has 0 atom stereocenters. The number of para-hydroxylation sites is 1. The number of phenols is 1. The van der Waals surface area contributed by atoms with Gasteiger partial charge in [-0.2, -0.15) is 0 Å². The van der Waals surface area contributed by atoms with Crippen LogP contribution < -0.4 is 20.1 Å². The van der Waals surface area contributed by atoms with Gasteiger partial charge in [0.05, 0.1) is 7.11 Å². The number of nitrogens with one attached hydrogen (secondary N) is 2. The third-order valence-corrected chi connectivity index (χ3v) is 3.73. The highest BCUT2D eigenvalue weighted by atomic mass is 16.5. The van der Waals surface area contributed by atoms with E-state index in [1.54, 1.807) is 38.4 Å². The molecule has 6 heteroatoms. The molecule has 0 amide bonds. The van der Waals surface area contributed by atoms with Crippen LogP contribution in [0, 0.1) is 0 Å². The minimum atomic E-state index is 0.205. The second-order valence-corrected chi connectivity index (χ2v) is 5.48. The third kappa shape index (κ3) is 5.44. The van der Waals surface area contributed by atoms with E-state index >= 15 is 0 Å². The molecule has 138 valence electrons. The van der Waals surface area contributed by atoms with Crippen molar-refractivity contribution in [2.45, 2.75) is 13.1 Å². The Hall–Kier alpha value is -3.15. The first-order chi connectivity index (χ1) is 12.7. The quantitative estimate of drug-likeness (QED) is 0.386. The van der Waals surface area contributed by atoms with Gasteiger partial charge in [-0.05, 0) is 24.3 Å². The third-order valence-electron chi connectivity index (χ3n) is 3.73. The molecule has 0 radical (unpaired) electrons. The summed E-state index contributed by atoms with van der Waals surface area (Å²) in [6, 6.07) is 12.9. The largest absolute Gasteiger partial charge is 0.508 e. The number of benzene rings is 2. The number of hydrogen-bond acceptors (Lipinski definition) is 4. The number of phenolic OH excluding ortho intramolecular Hbond substituents is 1. The van der Waals surface area contributed by atoms with Gasteiger partial charge in [-0.25, -0.2) is 0 Å². The molecular weight excluding hydrogens is 330 g/mol. The summed E-state index contributed by atoms with van der Waals surface area (Å²) >= 11 is 0. The van der Waals surface area contributed by atoms with Crippen LogP contribution in [0.15, 0.2) is 60.1 Å². The predicted octanol–water partition coefficient (Wildman–Crippen LogP) is 2.83. The summed E-state index contributed by atoms with van der Waals surface area (Å²) in [5.41, 5.74) is 1.74. The molecule has 6 nitrogen and oxygen atoms in total. The van der Waals surface area contributed by atoms with E-state index in [-0.39, 0.29) is 5.75 Å². The number of aliphatic imine (C=N–C) groups is 1. The van der Waals surface area contributed by atoms with Crippen molar-refractivity contribution in [3.8, 4) is 17.2 Å². The average molecular weight is 355 g/mol. The SMILES string of the molecule is C=CCOc1ccccc1CNC(=NC)NCc1cc(OC)ccc1O. The smallest absolute Gasteiger partial charge is 0.191 e. The van der Waals surface area contributed by atoms with E-state index in [0.717, 1.165) is 16.9 Å². The number of hydrogen-bond donors (Lipinski definition) is 3. The number of methoxy groups -OCH3 is 1. The zero-order valence-corrected chi connectivity index (χ0v) is 15.2. The molecule has 0 aliphatic carbocycles. The molecule has 2 aromatic carbocycles. The Morgan fingerprint density at radius 1 is 1.15 bits per heavy atom. The molecular formula is C20H25N3O3. The summed E-state index contributed by atoms with van der Waals surface area (Å²) in [6.45, 7) is 5.09. The molecule has 3 N–H and O–H groups in total. The molecule has 0 unspecified atom stereocenters. The van der Waals surface area contributed by atoms with Gasteiger partial charge in [-0.3, -0.25) is 4.99 Å². The lowest BCUT2D eigenvalue weighted by Gasteiger charge is -2.15. The van der Waals surface area contributed by atoms with Crippen molar-refractivity contribution < 1.29 is 14.6 Å². The number of aromatic hydroxyl groups is 1. The predicted molar refractivity (Wildman–Crippen MR) is 104 cm³/mol. The van der Waals surface area contributed by atoms with Gasteiger partial charge in [0, 0.05) is 31.3 Å². The Morgan fingerprint density at radius 3 is 2.58 bits per heavy atom. The second-order valence-electron chi connectivity index (χ2n) is 5.48. The number of rotatable bonds is 8. The van der Waals surface area contributed by atoms with E-state index in [0.29, 0.717) is 31.4 Å². The van der Waals surface area contributed by atoms with Crippen molar-refractivity contribution in [3.05, 3.63) is 66.2 Å². The molecule has 0 aliphatic heterocycles. The molecule has 0 spiro atoms. The van der Waals surface area contributed by atoms with Gasteiger partial charge in [0.2, 0.25) is 0 Å². The maximum absolute atomic E-state index is 9.96. The van der Waals surface area contributed by atoms with Crippen molar-refractivity contribution in [2.24, 2.45) is 4.99 Å². The van der Waals surface area contributed by atoms with Gasteiger partial charge in [0.15, 0.2) is 5.96 Å². The van der Waals surface area contributed by atoms with Crippen LogP contribution >= 0.6 is 0 Å². The normalized spacial score (nSPS) is 10.9. The van der Waals surface area contributed by atoms with Gasteiger partial charge >= 0.3 is 0 Å². The van der Waals surface area contributed by atoms with Crippen LogP contribution in [0.3, 0.4) is 0 Å². The molecule has 26 heavy (non-hydrogen) atoms. The van der Waals surface area contributed by atoms with Crippen LogP contribution in [0.4, 0.5) is 0 Å². The highest BCUT2D eigenvalue weighted by Gasteiger charge is 2.07. The average Bonchev–Trinajstić information content (AvgIpc) is 2.68. The molecule has 0 saturated heterocycles. The van der Waals surface area contributed by atoms with E-state index in [4.69, 9.17) is 9.47 Å². The van der Waals surface area contributed by atoms with Crippen LogP contribution in [-0.4, -0.2) is 31.8 Å². The highest BCUT2D eigenvalue weighted by Crippen LogP contribution is 2.22. The van der Waals surface area contributed by atoms with Crippen LogP contribution in [0.2, 0.25) is 0 Å². The molecule has 0 aliphatic rings. The lowest BCUT2D eigenvalue weighted by Crippen LogP contribution is -2.36. The second kappa shape index (κ2) is 9.98. The molecule has 2 aromatic rings. The first-order valence-electron chi connectivity index (χ1n) is 8.30. The van der Waals surface area contributed by atoms with Crippen molar-refractivity contribution in [1.29, 1.82) is 0 Å². The summed E-state index contributed by atoms with van der Waals surface area (Å²) in [5, 5.41) is 16.4. The maximum atomic E-state index is 9.96. The summed E-state index contributed by atoms with van der Waals surface area (Å²) in [4.78, 5) is 4.21. The fourth-order valence-corrected chi connectivity index (χ4v) is 2.35. The number of nitrogens with zero attached hydrogens (tertiary/aromatic N) is 1. The first-order valence-corrected chi connectivity index (χ1v) is 8.30. The van der Waals surface area contributed by atoms with Crippen molar-refractivity contribution >= 4 is 5.96 Å². The van der Waals surface area contributed by atoms with Gasteiger partial charge in [-0.1, -0.05) is 30.9 Å². The summed E-state index contributed by atoms with van der Waals surface area (Å²) in [7, 11) is 3.29. The standard InChI is InChI=1S/C20H25N3O3/c1-4-11-26-19-8-6-5-7-15(19)13-22-20(21-2)23-14-16-12-17(25-3)9-10-18(16)24/h4-10,12,24H,1,11,13-14H2,2-3H3,(H2,21,22,23). The molecule has 2 rings (SSSR count). The van der Waals surface area contributed by atoms with Crippen molar-refractivity contribution in [1.82, 2.24) is 10.6 Å². The fraction of sp³-hybridized carbons (Fsp3) is 0.250. The van der Waals surface area contributed by atoms with Crippen LogP contribution in [0.25, 0.3) is 0 Å². The lowest BCUT2D eigenvalue weighted by molar-refractivity contribution is 0.358. The number of ether oxygens (including phenoxy) is 2. The fourth-order valence-electron chi connectivity index (χ4n) is 2.35. The summed E-state index contributed by atoms with van der Waals surface area (Å²) in [5.74, 6) is 2.32. The molecule has 0 bridgehead atoms. The topological polar surface area (TPSA) is 75.1 Å². The zero-order chi connectivity index (χ0) is 18.8. The van der Waals surface area contributed by atoms with E-state index in [9.17, 15) is 5.11 Å². The van der Waals surface area contributed by atoms with Crippen LogP contribution in [0.5, 0.6) is 17.2 Å². The minimum Gasteiger partial charge on any atom is -0.508 e. The highest BCUT2D eigenvalue weighted by molar-refractivity contribution is 5.79. The van der Waals surface area contributed by atoms with Crippen molar-refractivity contribution in [2.75, 3.05) is 20.8 Å². The van der Waals surface area contributed by atoms with Crippen LogP contribution in [0.1, 0.15) is 11.1 Å².